The van der Waals surface area contributed by atoms with Crippen LogP contribution in [0.2, 0.25) is 0 Å². The van der Waals surface area contributed by atoms with Crippen LogP contribution in [0.3, 0.4) is 0 Å². The summed E-state index contributed by atoms with van der Waals surface area (Å²) in [5.41, 5.74) is 0.531. The molecule has 9 heteroatoms. The van der Waals surface area contributed by atoms with Gasteiger partial charge in [-0.05, 0) is 34.5 Å². The van der Waals surface area contributed by atoms with Crippen LogP contribution in [0.1, 0.15) is 11.1 Å². The van der Waals surface area contributed by atoms with Gasteiger partial charge in [-0.2, -0.15) is 0 Å². The van der Waals surface area contributed by atoms with Gasteiger partial charge in [0.25, 0.3) is 5.69 Å². The summed E-state index contributed by atoms with van der Waals surface area (Å²) in [6.45, 7) is 1.71. The Morgan fingerprint density at radius 2 is 2.05 bits per heavy atom. The number of nitro groups is 1. The lowest BCUT2D eigenvalue weighted by atomic mass is 10.2. The maximum absolute atomic E-state index is 12.2. The molecular weight excluding hydrogens is 374 g/mol. The van der Waals surface area contributed by atoms with Gasteiger partial charge in [-0.25, -0.2) is 13.4 Å². The summed E-state index contributed by atoms with van der Waals surface area (Å²) in [6.07, 6.45) is 1.47. The van der Waals surface area contributed by atoms with Gasteiger partial charge in [0.15, 0.2) is 0 Å². The van der Waals surface area contributed by atoms with E-state index in [0.717, 1.165) is 4.47 Å². The molecule has 0 unspecified atom stereocenters. The lowest BCUT2D eigenvalue weighted by molar-refractivity contribution is -0.385. The Hall–Kier alpha value is -2.00. The first-order valence-corrected chi connectivity index (χ1v) is 8.58. The highest BCUT2D eigenvalue weighted by Gasteiger charge is 2.20. The van der Waals surface area contributed by atoms with Gasteiger partial charge < -0.3 is 0 Å². The standard InChI is InChI=1S/C13H12BrN3O4S/c1-9-6-11(14)7-15-13(9)16-22(20,21)8-10-4-2-3-5-12(10)17(18)19/h2-7H,8H2,1H3,(H,15,16). The number of aromatic nitrogens is 1. The van der Waals surface area contributed by atoms with Gasteiger partial charge in [0.05, 0.1) is 4.92 Å². The Morgan fingerprint density at radius 1 is 1.36 bits per heavy atom. The molecule has 0 aliphatic rings. The van der Waals surface area contributed by atoms with Crippen molar-refractivity contribution in [3.05, 3.63) is 62.2 Å². The van der Waals surface area contributed by atoms with Crippen molar-refractivity contribution in [1.29, 1.82) is 0 Å². The first kappa shape index (κ1) is 16.4. The Kier molecular flexibility index (Phi) is 4.77. The molecule has 1 aromatic heterocycles. The minimum absolute atomic E-state index is 0.120. The third kappa shape index (κ3) is 4.01. The highest BCUT2D eigenvalue weighted by atomic mass is 79.9. The molecule has 0 atom stereocenters. The van der Waals surface area contributed by atoms with E-state index < -0.39 is 20.7 Å². The Morgan fingerprint density at radius 3 is 2.68 bits per heavy atom. The highest BCUT2D eigenvalue weighted by molar-refractivity contribution is 9.10. The smallest absolute Gasteiger partial charge is 0.267 e. The zero-order valence-electron chi connectivity index (χ0n) is 11.5. The number of halogens is 1. The van der Waals surface area contributed by atoms with Gasteiger partial charge in [-0.1, -0.05) is 18.2 Å². The minimum atomic E-state index is -3.81. The van der Waals surface area contributed by atoms with Gasteiger partial charge in [0.2, 0.25) is 10.0 Å². The summed E-state index contributed by atoms with van der Waals surface area (Å²) in [4.78, 5) is 14.3. The highest BCUT2D eigenvalue weighted by Crippen LogP contribution is 2.22. The number of pyridine rings is 1. The van der Waals surface area contributed by atoms with E-state index in [-0.39, 0.29) is 17.1 Å². The molecule has 0 aliphatic carbocycles. The van der Waals surface area contributed by atoms with E-state index in [1.165, 1.54) is 24.4 Å². The number of nitrogens with zero attached hydrogens (tertiary/aromatic N) is 2. The van der Waals surface area contributed by atoms with E-state index in [9.17, 15) is 18.5 Å². The molecule has 0 saturated heterocycles. The quantitative estimate of drug-likeness (QED) is 0.629. The van der Waals surface area contributed by atoms with E-state index in [2.05, 4.69) is 25.6 Å². The van der Waals surface area contributed by atoms with E-state index in [1.54, 1.807) is 19.1 Å². The second-order valence-corrected chi connectivity index (χ2v) is 7.20. The molecule has 0 saturated carbocycles. The molecule has 1 heterocycles. The summed E-state index contributed by atoms with van der Waals surface area (Å²) < 4.78 is 27.5. The van der Waals surface area contributed by atoms with Crippen LogP contribution in [0.5, 0.6) is 0 Å². The summed E-state index contributed by atoms with van der Waals surface area (Å²) in [5, 5.41) is 10.9. The second kappa shape index (κ2) is 6.41. The second-order valence-electron chi connectivity index (χ2n) is 4.57. The molecule has 0 bridgehead atoms. The van der Waals surface area contributed by atoms with Crippen molar-refractivity contribution < 1.29 is 13.3 Å². The predicted octanol–water partition coefficient (Wildman–Crippen LogP) is 3.00. The van der Waals surface area contributed by atoms with Gasteiger partial charge >= 0.3 is 0 Å². The molecular formula is C13H12BrN3O4S. The molecule has 22 heavy (non-hydrogen) atoms. The maximum Gasteiger partial charge on any atom is 0.273 e. The summed E-state index contributed by atoms with van der Waals surface area (Å²) in [6, 6.07) is 7.45. The summed E-state index contributed by atoms with van der Waals surface area (Å²) >= 11 is 3.24. The fraction of sp³-hybridized carbons (Fsp3) is 0.154. The van der Waals surface area contributed by atoms with Gasteiger partial charge in [-0.3, -0.25) is 14.8 Å². The van der Waals surface area contributed by atoms with Crippen molar-refractivity contribution >= 4 is 37.5 Å². The molecule has 116 valence electrons. The Bertz CT molecular complexity index is 824. The molecule has 0 aliphatic heterocycles. The van der Waals surface area contributed by atoms with Crippen LogP contribution in [-0.2, 0) is 15.8 Å². The Balaban J connectivity index is 2.27. The van der Waals surface area contributed by atoms with Crippen molar-refractivity contribution in [1.82, 2.24) is 4.98 Å². The normalized spacial score (nSPS) is 11.2. The number of nitro benzene ring substituents is 1. The van der Waals surface area contributed by atoms with Crippen LogP contribution >= 0.6 is 15.9 Å². The van der Waals surface area contributed by atoms with Crippen molar-refractivity contribution in [3.8, 4) is 0 Å². The van der Waals surface area contributed by atoms with Gasteiger partial charge in [-0.15, -0.1) is 0 Å². The fourth-order valence-corrected chi connectivity index (χ4v) is 3.53. The first-order chi connectivity index (χ1) is 10.3. The number of anilines is 1. The molecule has 1 N–H and O–H groups in total. The monoisotopic (exact) mass is 385 g/mol. The van der Waals surface area contributed by atoms with Gasteiger partial charge in [0.1, 0.15) is 11.6 Å². The average Bonchev–Trinajstić information content (AvgIpc) is 2.42. The first-order valence-electron chi connectivity index (χ1n) is 6.13. The average molecular weight is 386 g/mol. The number of hydrogen-bond donors (Lipinski definition) is 1. The van der Waals surface area contributed by atoms with Crippen molar-refractivity contribution in [2.24, 2.45) is 0 Å². The predicted molar refractivity (Wildman–Crippen MR) is 86.0 cm³/mol. The lowest BCUT2D eigenvalue weighted by Crippen LogP contribution is -2.17. The van der Waals surface area contributed by atoms with Crippen LogP contribution < -0.4 is 4.72 Å². The number of hydrogen-bond acceptors (Lipinski definition) is 5. The van der Waals surface area contributed by atoms with E-state index >= 15 is 0 Å². The third-order valence-corrected chi connectivity index (χ3v) is 4.46. The SMILES string of the molecule is Cc1cc(Br)cnc1NS(=O)(=O)Cc1ccccc1[N+](=O)[O-]. The molecule has 0 spiro atoms. The molecule has 2 aromatic rings. The molecule has 0 fully saturated rings. The third-order valence-electron chi connectivity index (χ3n) is 2.83. The molecule has 0 radical (unpaired) electrons. The lowest BCUT2D eigenvalue weighted by Gasteiger charge is -2.10. The van der Waals surface area contributed by atoms with Crippen molar-refractivity contribution in [3.63, 3.8) is 0 Å². The minimum Gasteiger partial charge on any atom is -0.267 e. The summed E-state index contributed by atoms with van der Waals surface area (Å²) in [5.74, 6) is -0.303. The number of benzene rings is 1. The molecule has 0 amide bonds. The fourth-order valence-electron chi connectivity index (χ4n) is 1.85. The van der Waals surface area contributed by atoms with E-state index in [4.69, 9.17) is 0 Å². The number of nitrogens with one attached hydrogen (secondary N) is 1. The molecule has 1 aromatic carbocycles. The van der Waals surface area contributed by atoms with Crippen LogP contribution in [0.25, 0.3) is 0 Å². The molecule has 7 nitrogen and oxygen atoms in total. The van der Waals surface area contributed by atoms with Crippen LogP contribution in [0.4, 0.5) is 11.5 Å². The van der Waals surface area contributed by atoms with E-state index in [1.807, 2.05) is 0 Å². The number of rotatable bonds is 5. The van der Waals surface area contributed by atoms with Crippen LogP contribution in [0.15, 0.2) is 41.0 Å². The van der Waals surface area contributed by atoms with Crippen LogP contribution in [0, 0.1) is 17.0 Å². The van der Waals surface area contributed by atoms with Crippen molar-refractivity contribution in [2.45, 2.75) is 12.7 Å². The van der Waals surface area contributed by atoms with Crippen molar-refractivity contribution in [2.75, 3.05) is 4.72 Å². The summed E-state index contributed by atoms with van der Waals surface area (Å²) in [7, 11) is -3.81. The van der Waals surface area contributed by atoms with Crippen LogP contribution in [-0.4, -0.2) is 18.3 Å². The van der Waals surface area contributed by atoms with Gasteiger partial charge in [0, 0.05) is 22.3 Å². The number of sulfonamides is 1. The number of aryl methyl sites for hydroxylation is 1. The Labute approximate surface area is 135 Å². The largest absolute Gasteiger partial charge is 0.273 e. The van der Waals surface area contributed by atoms with E-state index in [0.29, 0.717) is 5.56 Å². The zero-order valence-corrected chi connectivity index (χ0v) is 13.9. The maximum atomic E-state index is 12.2. The molecule has 2 rings (SSSR count). The zero-order chi connectivity index (χ0) is 16.3. The number of para-hydroxylation sites is 1. The topological polar surface area (TPSA) is 102 Å².